The van der Waals surface area contributed by atoms with E-state index in [2.05, 4.69) is 11.9 Å². The molecule has 2 rings (SSSR count). The summed E-state index contributed by atoms with van der Waals surface area (Å²) in [6, 6.07) is 5.89. The first-order valence-electron chi connectivity index (χ1n) is 7.07. The molecule has 0 aliphatic heterocycles. The van der Waals surface area contributed by atoms with Gasteiger partial charge in [0.05, 0.1) is 18.5 Å². The van der Waals surface area contributed by atoms with Gasteiger partial charge in [-0.2, -0.15) is 0 Å². The van der Waals surface area contributed by atoms with Gasteiger partial charge in [-0.1, -0.05) is 13.0 Å². The van der Waals surface area contributed by atoms with Crippen LogP contribution in [0.2, 0.25) is 0 Å². The molecule has 1 aromatic carbocycles. The highest BCUT2D eigenvalue weighted by atomic mass is 16.5. The monoisotopic (exact) mass is 286 g/mol. The Kier molecular flexibility index (Phi) is 4.68. The Balaban J connectivity index is 2.17. The maximum atomic E-state index is 6.01. The van der Waals surface area contributed by atoms with Crippen LogP contribution < -0.4 is 15.2 Å². The normalized spacial score (nSPS) is 10.5. The average Bonchev–Trinajstić information content (AvgIpc) is 2.48. The van der Waals surface area contributed by atoms with Gasteiger partial charge >= 0.3 is 0 Å². The van der Waals surface area contributed by atoms with Crippen molar-refractivity contribution in [2.75, 3.05) is 12.8 Å². The molecule has 21 heavy (non-hydrogen) atoms. The third kappa shape index (κ3) is 3.27. The largest absolute Gasteiger partial charge is 0.496 e. The van der Waals surface area contributed by atoms with Gasteiger partial charge in [0.2, 0.25) is 0 Å². The third-order valence-electron chi connectivity index (χ3n) is 3.60. The van der Waals surface area contributed by atoms with E-state index in [4.69, 9.17) is 15.2 Å². The van der Waals surface area contributed by atoms with Crippen LogP contribution in [0.4, 0.5) is 5.69 Å². The fourth-order valence-electron chi connectivity index (χ4n) is 2.31. The molecular formula is C17H22N2O2. The van der Waals surface area contributed by atoms with E-state index in [1.54, 1.807) is 13.3 Å². The quantitative estimate of drug-likeness (QED) is 0.856. The summed E-state index contributed by atoms with van der Waals surface area (Å²) >= 11 is 0. The number of anilines is 1. The second-order valence-electron chi connectivity index (χ2n) is 5.06. The van der Waals surface area contributed by atoms with Gasteiger partial charge < -0.3 is 15.2 Å². The molecule has 0 atom stereocenters. The maximum Gasteiger partial charge on any atom is 0.142 e. The summed E-state index contributed by atoms with van der Waals surface area (Å²) in [7, 11) is 1.67. The zero-order valence-corrected chi connectivity index (χ0v) is 13.1. The third-order valence-corrected chi connectivity index (χ3v) is 3.60. The first kappa shape index (κ1) is 15.2. The lowest BCUT2D eigenvalue weighted by molar-refractivity contribution is 0.300. The summed E-state index contributed by atoms with van der Waals surface area (Å²) in [5, 5.41) is 0. The van der Waals surface area contributed by atoms with Gasteiger partial charge in [-0.25, -0.2) is 0 Å². The van der Waals surface area contributed by atoms with Crippen LogP contribution in [0.15, 0.2) is 24.4 Å². The predicted octanol–water partition coefficient (Wildman–Crippen LogP) is 3.43. The van der Waals surface area contributed by atoms with Gasteiger partial charge in [-0.05, 0) is 38.0 Å². The topological polar surface area (TPSA) is 57.4 Å². The highest BCUT2D eigenvalue weighted by molar-refractivity contribution is 5.54. The SMILES string of the molecule is CCc1ccc(OCc2ncc(C)c(OC)c2C)c(N)c1. The summed E-state index contributed by atoms with van der Waals surface area (Å²) in [5.74, 6) is 1.55. The molecule has 2 aromatic rings. The zero-order chi connectivity index (χ0) is 15.4. The molecule has 1 heterocycles. The summed E-state index contributed by atoms with van der Waals surface area (Å²) in [6.45, 7) is 6.44. The molecule has 0 bridgehead atoms. The molecule has 0 spiro atoms. The van der Waals surface area contributed by atoms with Gasteiger partial charge in [0, 0.05) is 17.3 Å². The Morgan fingerprint density at radius 3 is 2.62 bits per heavy atom. The van der Waals surface area contributed by atoms with Gasteiger partial charge in [0.1, 0.15) is 18.1 Å². The standard InChI is InChI=1S/C17H22N2O2/c1-5-13-6-7-16(14(18)8-13)21-10-15-12(3)17(20-4)11(2)9-19-15/h6-9H,5,10,18H2,1-4H3. The molecule has 0 amide bonds. The molecule has 0 radical (unpaired) electrons. The molecule has 112 valence electrons. The maximum absolute atomic E-state index is 6.01. The number of hydrogen-bond donors (Lipinski definition) is 1. The van der Waals surface area contributed by atoms with E-state index >= 15 is 0 Å². The van der Waals surface area contributed by atoms with E-state index in [1.807, 2.05) is 32.0 Å². The highest BCUT2D eigenvalue weighted by Crippen LogP contribution is 2.27. The Bertz CT molecular complexity index is 639. The Labute approximate surface area is 125 Å². The van der Waals surface area contributed by atoms with E-state index in [-0.39, 0.29) is 0 Å². The first-order chi connectivity index (χ1) is 10.1. The molecule has 0 aliphatic rings. The van der Waals surface area contributed by atoms with Crippen molar-refractivity contribution in [1.29, 1.82) is 0 Å². The number of aryl methyl sites for hydroxylation is 2. The van der Waals surface area contributed by atoms with Crippen molar-refractivity contribution in [3.63, 3.8) is 0 Å². The van der Waals surface area contributed by atoms with Crippen molar-refractivity contribution in [2.24, 2.45) is 0 Å². The smallest absolute Gasteiger partial charge is 0.142 e. The lowest BCUT2D eigenvalue weighted by Crippen LogP contribution is -2.05. The number of nitrogens with two attached hydrogens (primary N) is 1. The lowest BCUT2D eigenvalue weighted by atomic mass is 10.1. The molecule has 1 aromatic heterocycles. The molecule has 4 heteroatoms. The Morgan fingerprint density at radius 1 is 1.24 bits per heavy atom. The van der Waals surface area contributed by atoms with Crippen LogP contribution in [0.1, 0.15) is 29.3 Å². The summed E-state index contributed by atoms with van der Waals surface area (Å²) in [5.41, 5.74) is 10.7. The van der Waals surface area contributed by atoms with Gasteiger partial charge in [-0.15, -0.1) is 0 Å². The van der Waals surface area contributed by atoms with Crippen LogP contribution in [0, 0.1) is 13.8 Å². The van der Waals surface area contributed by atoms with Crippen molar-refractivity contribution in [3.8, 4) is 11.5 Å². The van der Waals surface area contributed by atoms with Crippen LogP contribution in [0.5, 0.6) is 11.5 Å². The van der Waals surface area contributed by atoms with Crippen LogP contribution in [-0.2, 0) is 13.0 Å². The minimum Gasteiger partial charge on any atom is -0.496 e. The number of ether oxygens (including phenoxy) is 2. The fraction of sp³-hybridized carbons (Fsp3) is 0.353. The van der Waals surface area contributed by atoms with Gasteiger partial charge in [0.25, 0.3) is 0 Å². The fourth-order valence-corrected chi connectivity index (χ4v) is 2.31. The Hall–Kier alpha value is -2.23. The van der Waals surface area contributed by atoms with Crippen LogP contribution in [0.25, 0.3) is 0 Å². The zero-order valence-electron chi connectivity index (χ0n) is 13.1. The van der Waals surface area contributed by atoms with Crippen LogP contribution in [0.3, 0.4) is 0 Å². The highest BCUT2D eigenvalue weighted by Gasteiger charge is 2.10. The van der Waals surface area contributed by atoms with Crippen molar-refractivity contribution >= 4 is 5.69 Å². The molecule has 0 unspecified atom stereocenters. The summed E-state index contributed by atoms with van der Waals surface area (Å²) in [6.07, 6.45) is 2.76. The number of nitrogens with zero attached hydrogens (tertiary/aromatic N) is 1. The van der Waals surface area contributed by atoms with E-state index in [0.717, 1.165) is 29.0 Å². The van der Waals surface area contributed by atoms with Crippen molar-refractivity contribution in [3.05, 3.63) is 46.8 Å². The molecule has 2 N–H and O–H groups in total. The number of methoxy groups -OCH3 is 1. The summed E-state index contributed by atoms with van der Waals surface area (Å²) < 4.78 is 11.2. The number of nitrogen functional groups attached to an aromatic ring is 1. The molecule has 0 fully saturated rings. The Morgan fingerprint density at radius 2 is 2.00 bits per heavy atom. The number of pyridine rings is 1. The lowest BCUT2D eigenvalue weighted by Gasteiger charge is -2.14. The van der Waals surface area contributed by atoms with Crippen LogP contribution >= 0.6 is 0 Å². The molecule has 0 saturated carbocycles. The molecule has 0 saturated heterocycles. The molecular weight excluding hydrogens is 264 g/mol. The molecule has 0 aliphatic carbocycles. The van der Waals surface area contributed by atoms with Crippen molar-refractivity contribution in [1.82, 2.24) is 4.98 Å². The summed E-state index contributed by atoms with van der Waals surface area (Å²) in [4.78, 5) is 4.42. The number of hydrogen-bond acceptors (Lipinski definition) is 4. The van der Waals surface area contributed by atoms with E-state index in [1.165, 1.54) is 5.56 Å². The minimum absolute atomic E-state index is 0.373. The second-order valence-corrected chi connectivity index (χ2v) is 5.06. The van der Waals surface area contributed by atoms with Crippen molar-refractivity contribution < 1.29 is 9.47 Å². The average molecular weight is 286 g/mol. The minimum atomic E-state index is 0.373. The number of benzene rings is 1. The van der Waals surface area contributed by atoms with E-state index < -0.39 is 0 Å². The van der Waals surface area contributed by atoms with E-state index in [0.29, 0.717) is 18.0 Å². The van der Waals surface area contributed by atoms with Crippen LogP contribution in [-0.4, -0.2) is 12.1 Å². The number of rotatable bonds is 5. The molecule has 4 nitrogen and oxygen atoms in total. The first-order valence-corrected chi connectivity index (χ1v) is 7.07. The predicted molar refractivity (Wildman–Crippen MR) is 84.8 cm³/mol. The van der Waals surface area contributed by atoms with Gasteiger partial charge in [-0.3, -0.25) is 4.98 Å². The van der Waals surface area contributed by atoms with Crippen molar-refractivity contribution in [2.45, 2.75) is 33.8 Å². The van der Waals surface area contributed by atoms with E-state index in [9.17, 15) is 0 Å². The number of aromatic nitrogens is 1. The van der Waals surface area contributed by atoms with Gasteiger partial charge in [0.15, 0.2) is 0 Å². The second kappa shape index (κ2) is 6.48.